The van der Waals surface area contributed by atoms with Crippen molar-refractivity contribution in [2.75, 3.05) is 13.3 Å². The monoisotopic (exact) mass is 213 g/mol. The van der Waals surface area contributed by atoms with Crippen LogP contribution in [0.1, 0.15) is 24.0 Å². The van der Waals surface area contributed by atoms with Gasteiger partial charge in [0.05, 0.1) is 13.3 Å². The van der Waals surface area contributed by atoms with Crippen molar-refractivity contribution in [1.29, 1.82) is 0 Å². The first kappa shape index (κ1) is 12.1. The number of nitrogens with two attached hydrogens (primary N) is 1. The molecule has 0 bridgehead atoms. The highest BCUT2D eigenvalue weighted by Gasteiger charge is 2.10. The quantitative estimate of drug-likeness (QED) is 0.799. The van der Waals surface area contributed by atoms with Gasteiger partial charge in [0.15, 0.2) is 0 Å². The highest BCUT2D eigenvalue weighted by atomic mass is 19.1. The fraction of sp³-hybridized carbons (Fsp3) is 0.500. The second-order valence-corrected chi connectivity index (χ2v) is 3.93. The standard InChI is InChI=1S/C12H17F2N/c1-9(15)6-10-2-4-11(5-3-10)12(7-13)8-14/h2-5,9,12H,6-8,15H2,1H3. The van der Waals surface area contributed by atoms with Crippen LogP contribution in [0.15, 0.2) is 24.3 Å². The van der Waals surface area contributed by atoms with Gasteiger partial charge in [-0.1, -0.05) is 24.3 Å². The van der Waals surface area contributed by atoms with E-state index in [-0.39, 0.29) is 6.04 Å². The summed E-state index contributed by atoms with van der Waals surface area (Å²) < 4.78 is 24.8. The Kier molecular flexibility index (Phi) is 4.69. The molecule has 0 aliphatic rings. The molecule has 0 radical (unpaired) electrons. The summed E-state index contributed by atoms with van der Waals surface area (Å²) in [5.74, 6) is -0.616. The van der Waals surface area contributed by atoms with Crippen LogP contribution < -0.4 is 5.73 Å². The van der Waals surface area contributed by atoms with Crippen molar-refractivity contribution in [3.05, 3.63) is 35.4 Å². The van der Waals surface area contributed by atoms with Gasteiger partial charge < -0.3 is 5.73 Å². The van der Waals surface area contributed by atoms with E-state index < -0.39 is 19.3 Å². The number of hydrogen-bond acceptors (Lipinski definition) is 1. The van der Waals surface area contributed by atoms with E-state index >= 15 is 0 Å². The minimum Gasteiger partial charge on any atom is -0.328 e. The van der Waals surface area contributed by atoms with Crippen LogP contribution in [0.4, 0.5) is 8.78 Å². The average Bonchev–Trinajstić information content (AvgIpc) is 2.21. The lowest BCUT2D eigenvalue weighted by Gasteiger charge is -2.10. The zero-order chi connectivity index (χ0) is 11.3. The van der Waals surface area contributed by atoms with Gasteiger partial charge in [0.25, 0.3) is 0 Å². The molecule has 0 fully saturated rings. The van der Waals surface area contributed by atoms with E-state index in [0.29, 0.717) is 5.56 Å². The molecule has 1 unspecified atom stereocenters. The van der Waals surface area contributed by atoms with Gasteiger partial charge in [-0.3, -0.25) is 8.78 Å². The van der Waals surface area contributed by atoms with Gasteiger partial charge in [0, 0.05) is 12.0 Å². The third kappa shape index (κ3) is 3.59. The maximum Gasteiger partial charge on any atom is 0.0988 e. The molecule has 0 saturated heterocycles. The second-order valence-electron chi connectivity index (χ2n) is 3.93. The largest absolute Gasteiger partial charge is 0.328 e. The molecular formula is C12H17F2N. The van der Waals surface area contributed by atoms with Crippen LogP contribution in [0.3, 0.4) is 0 Å². The molecule has 0 amide bonds. The summed E-state index contributed by atoms with van der Waals surface area (Å²) in [6, 6.07) is 7.44. The Bertz CT molecular complexity index is 278. The third-order valence-corrected chi connectivity index (χ3v) is 2.38. The van der Waals surface area contributed by atoms with E-state index in [0.717, 1.165) is 12.0 Å². The predicted octanol–water partition coefficient (Wildman–Crippen LogP) is 2.60. The van der Waals surface area contributed by atoms with E-state index in [2.05, 4.69) is 0 Å². The molecule has 1 aromatic rings. The molecule has 0 aliphatic heterocycles. The van der Waals surface area contributed by atoms with E-state index in [1.54, 1.807) is 12.1 Å². The van der Waals surface area contributed by atoms with Crippen molar-refractivity contribution >= 4 is 0 Å². The zero-order valence-electron chi connectivity index (χ0n) is 8.92. The summed E-state index contributed by atoms with van der Waals surface area (Å²) in [7, 11) is 0. The molecule has 1 aromatic carbocycles. The average molecular weight is 213 g/mol. The number of alkyl halides is 2. The SMILES string of the molecule is CC(N)Cc1ccc(C(CF)CF)cc1. The summed E-state index contributed by atoms with van der Waals surface area (Å²) in [6.45, 7) is 0.631. The van der Waals surface area contributed by atoms with Crippen molar-refractivity contribution in [3.8, 4) is 0 Å². The van der Waals surface area contributed by atoms with Crippen LogP contribution in [0.25, 0.3) is 0 Å². The number of rotatable bonds is 5. The maximum atomic E-state index is 12.4. The third-order valence-electron chi connectivity index (χ3n) is 2.38. The lowest BCUT2D eigenvalue weighted by molar-refractivity contribution is 0.353. The van der Waals surface area contributed by atoms with Gasteiger partial charge in [-0.2, -0.15) is 0 Å². The van der Waals surface area contributed by atoms with E-state index in [1.807, 2.05) is 19.1 Å². The van der Waals surface area contributed by atoms with Crippen LogP contribution in [0, 0.1) is 0 Å². The molecule has 1 nitrogen and oxygen atoms in total. The summed E-state index contributed by atoms with van der Waals surface area (Å²) in [5, 5.41) is 0. The Labute approximate surface area is 89.3 Å². The first-order valence-electron chi connectivity index (χ1n) is 5.13. The first-order chi connectivity index (χ1) is 7.17. The Hall–Kier alpha value is -0.960. The topological polar surface area (TPSA) is 26.0 Å². The smallest absolute Gasteiger partial charge is 0.0988 e. The summed E-state index contributed by atoms with van der Waals surface area (Å²) in [5.41, 5.74) is 7.47. The molecular weight excluding hydrogens is 196 g/mol. The minimum atomic E-state index is -0.650. The molecule has 0 aliphatic carbocycles. The van der Waals surface area contributed by atoms with Crippen molar-refractivity contribution in [2.24, 2.45) is 5.73 Å². The molecule has 0 heterocycles. The van der Waals surface area contributed by atoms with Gasteiger partial charge in [-0.05, 0) is 24.5 Å². The second kappa shape index (κ2) is 5.81. The van der Waals surface area contributed by atoms with Crippen LogP contribution >= 0.6 is 0 Å². The van der Waals surface area contributed by atoms with E-state index in [9.17, 15) is 8.78 Å². The normalized spacial score (nSPS) is 13.1. The van der Waals surface area contributed by atoms with Crippen molar-refractivity contribution in [2.45, 2.75) is 25.3 Å². The fourth-order valence-corrected chi connectivity index (χ4v) is 1.52. The molecule has 3 heteroatoms. The molecule has 0 saturated carbocycles. The molecule has 84 valence electrons. The molecule has 2 N–H and O–H groups in total. The van der Waals surface area contributed by atoms with Crippen LogP contribution in [0.2, 0.25) is 0 Å². The Morgan fingerprint density at radius 2 is 1.67 bits per heavy atom. The molecule has 0 aromatic heterocycles. The molecule has 0 spiro atoms. The highest BCUT2D eigenvalue weighted by molar-refractivity contribution is 5.26. The van der Waals surface area contributed by atoms with Crippen LogP contribution in [-0.4, -0.2) is 19.4 Å². The number of benzene rings is 1. The van der Waals surface area contributed by atoms with Gasteiger partial charge in [-0.25, -0.2) is 0 Å². The number of halogens is 2. The Morgan fingerprint density at radius 1 is 1.13 bits per heavy atom. The molecule has 1 rings (SSSR count). The van der Waals surface area contributed by atoms with E-state index in [4.69, 9.17) is 5.73 Å². The molecule has 15 heavy (non-hydrogen) atoms. The van der Waals surface area contributed by atoms with Crippen molar-refractivity contribution in [1.82, 2.24) is 0 Å². The van der Waals surface area contributed by atoms with Crippen molar-refractivity contribution in [3.63, 3.8) is 0 Å². The lowest BCUT2D eigenvalue weighted by atomic mass is 9.98. The van der Waals surface area contributed by atoms with Crippen molar-refractivity contribution < 1.29 is 8.78 Å². The maximum absolute atomic E-state index is 12.4. The van der Waals surface area contributed by atoms with Crippen LogP contribution in [-0.2, 0) is 6.42 Å². The summed E-state index contributed by atoms with van der Waals surface area (Å²) in [6.07, 6.45) is 0.788. The fourth-order valence-electron chi connectivity index (χ4n) is 1.52. The summed E-state index contributed by atoms with van der Waals surface area (Å²) in [4.78, 5) is 0. The minimum absolute atomic E-state index is 0.106. The van der Waals surface area contributed by atoms with Gasteiger partial charge in [0.1, 0.15) is 0 Å². The summed E-state index contributed by atoms with van der Waals surface area (Å²) >= 11 is 0. The van der Waals surface area contributed by atoms with E-state index in [1.165, 1.54) is 0 Å². The predicted molar refractivity (Wildman–Crippen MR) is 58.5 cm³/mol. The van der Waals surface area contributed by atoms with Gasteiger partial charge in [-0.15, -0.1) is 0 Å². The number of hydrogen-bond donors (Lipinski definition) is 1. The molecule has 1 atom stereocenters. The Morgan fingerprint density at radius 3 is 2.07 bits per heavy atom. The first-order valence-corrected chi connectivity index (χ1v) is 5.13. The highest BCUT2D eigenvalue weighted by Crippen LogP contribution is 2.18. The van der Waals surface area contributed by atoms with Crippen LogP contribution in [0.5, 0.6) is 0 Å². The zero-order valence-corrected chi connectivity index (χ0v) is 8.92. The van der Waals surface area contributed by atoms with Gasteiger partial charge in [0.2, 0.25) is 0 Å². The Balaban J connectivity index is 2.71. The van der Waals surface area contributed by atoms with Gasteiger partial charge >= 0.3 is 0 Å². The lowest BCUT2D eigenvalue weighted by Crippen LogP contribution is -2.17.